The normalized spacial score (nSPS) is 12.1. The van der Waals surface area contributed by atoms with Crippen LogP contribution in [0.15, 0.2) is 109 Å². The maximum absolute atomic E-state index is 10.1. The third-order valence-electron chi connectivity index (χ3n) is 6.77. The fourth-order valence-electron chi connectivity index (χ4n) is 5.29. The van der Waals surface area contributed by atoms with Crippen molar-refractivity contribution in [2.75, 3.05) is 0 Å². The molecule has 4 nitrogen and oxygen atoms in total. The number of nitrogens with zero attached hydrogens (tertiary/aromatic N) is 4. The van der Waals surface area contributed by atoms with E-state index in [0.29, 0.717) is 11.4 Å². The number of benzene rings is 5. The summed E-state index contributed by atoms with van der Waals surface area (Å²) in [6, 6.07) is 33.7. The van der Waals surface area contributed by atoms with Crippen molar-refractivity contribution in [3.63, 3.8) is 0 Å². The lowest BCUT2D eigenvalue weighted by atomic mass is 10.1. The lowest BCUT2D eigenvalue weighted by Crippen LogP contribution is -2.04. The molecule has 0 bridgehead atoms. The molecule has 2 heterocycles. The van der Waals surface area contributed by atoms with Gasteiger partial charge in [-0.3, -0.25) is 0 Å². The zero-order chi connectivity index (χ0) is 26.0. The van der Waals surface area contributed by atoms with Crippen LogP contribution in [-0.2, 0) is 0 Å². The number of aromatic nitrogens is 2. The van der Waals surface area contributed by atoms with Crippen LogP contribution in [0.1, 0.15) is 8.30 Å². The minimum Gasteiger partial charge on any atom is -0.308 e. The molecule has 0 atom stereocenters. The molecule has 2 aromatic heterocycles. The Morgan fingerprint density at radius 1 is 0.611 bits per heavy atom. The van der Waals surface area contributed by atoms with E-state index in [1.165, 1.54) is 0 Å². The monoisotopic (exact) mass is 460 g/mol. The highest BCUT2D eigenvalue weighted by molar-refractivity contribution is 6.11. The molecule has 0 unspecified atom stereocenters. The Hall–Kier alpha value is -5.32. The highest BCUT2D eigenvalue weighted by Gasteiger charge is 2.21. The van der Waals surface area contributed by atoms with Crippen LogP contribution in [0.4, 0.5) is 5.69 Å². The second-order valence-corrected chi connectivity index (χ2v) is 8.63. The summed E-state index contributed by atoms with van der Waals surface area (Å²) in [5.41, 5.74) is 4.07. The molecule has 0 saturated carbocycles. The van der Waals surface area contributed by atoms with Gasteiger partial charge in [-0.1, -0.05) is 72.8 Å². The molecule has 166 valence electrons. The van der Waals surface area contributed by atoms with E-state index in [9.17, 15) is 8.00 Å². The number of nitriles is 1. The third-order valence-corrected chi connectivity index (χ3v) is 6.77. The largest absolute Gasteiger partial charge is 0.308 e. The van der Waals surface area contributed by atoms with Crippen molar-refractivity contribution in [2.24, 2.45) is 0 Å². The molecule has 0 radical (unpaired) electrons. The van der Waals surface area contributed by atoms with Crippen molar-refractivity contribution in [3.05, 3.63) is 126 Å². The highest BCUT2D eigenvalue weighted by atomic mass is 15.1. The molecule has 4 heteroatoms. The molecule has 7 aromatic rings. The van der Waals surface area contributed by atoms with E-state index in [0.717, 1.165) is 43.6 Å². The number of fused-ring (bicyclic) bond motifs is 6. The zero-order valence-corrected chi connectivity index (χ0v) is 19.0. The predicted octanol–water partition coefficient (Wildman–Crippen LogP) is 8.30. The van der Waals surface area contributed by atoms with Gasteiger partial charge in [-0.15, -0.1) is 0 Å². The minimum absolute atomic E-state index is 0.0714. The van der Waals surface area contributed by atoms with Crippen LogP contribution in [0, 0.1) is 17.9 Å². The number of hydrogen-bond acceptors (Lipinski definition) is 1. The van der Waals surface area contributed by atoms with Crippen molar-refractivity contribution in [1.29, 1.82) is 5.26 Å². The van der Waals surface area contributed by atoms with Gasteiger partial charge < -0.3 is 9.13 Å². The molecule has 0 aliphatic rings. The Balaban J connectivity index is 1.79. The standard InChI is InChI=1S/C32H18N4/c1-34-26-19-32(36-29-16-8-4-12-24(29)25-13-5-9-17-30(25)36)31(18-21(26)20-33)35-27-14-6-2-10-22(27)23-11-3-7-15-28(23)35/h2-19H/i18D,19D. The van der Waals surface area contributed by atoms with E-state index in [1.807, 2.05) is 106 Å². The Morgan fingerprint density at radius 2 is 0.972 bits per heavy atom. The first-order valence-corrected chi connectivity index (χ1v) is 11.6. The van der Waals surface area contributed by atoms with Gasteiger partial charge in [0.25, 0.3) is 0 Å². The molecule has 0 aliphatic heterocycles. The molecule has 0 fully saturated rings. The Kier molecular flexibility index (Phi) is 3.81. The van der Waals surface area contributed by atoms with E-state index in [1.54, 1.807) is 0 Å². The summed E-state index contributed by atoms with van der Waals surface area (Å²) in [6.07, 6.45) is 0. The fraction of sp³-hybridized carbons (Fsp3) is 0. The summed E-state index contributed by atoms with van der Waals surface area (Å²) in [4.78, 5) is 3.58. The van der Waals surface area contributed by atoms with E-state index < -0.39 is 0 Å². The van der Waals surface area contributed by atoms with Gasteiger partial charge in [0.15, 0.2) is 0 Å². The van der Waals surface area contributed by atoms with Gasteiger partial charge in [0.05, 0.1) is 54.4 Å². The van der Waals surface area contributed by atoms with Crippen molar-refractivity contribution >= 4 is 49.3 Å². The van der Waals surface area contributed by atoms with Crippen LogP contribution in [-0.4, -0.2) is 9.13 Å². The first-order valence-electron chi connectivity index (χ1n) is 12.6. The molecular formula is C32H18N4. The second kappa shape index (κ2) is 7.60. The summed E-state index contributed by atoms with van der Waals surface area (Å²) in [5.74, 6) is 0. The molecule has 0 aliphatic carbocycles. The third kappa shape index (κ3) is 2.67. The number of hydrogen-bond donors (Lipinski definition) is 0. The molecule has 5 aromatic carbocycles. The van der Waals surface area contributed by atoms with Gasteiger partial charge in [-0.05, 0) is 36.4 Å². The molecule has 0 saturated heterocycles. The van der Waals surface area contributed by atoms with E-state index in [-0.39, 0.29) is 23.3 Å². The highest BCUT2D eigenvalue weighted by Crippen LogP contribution is 2.40. The van der Waals surface area contributed by atoms with E-state index >= 15 is 0 Å². The summed E-state index contributed by atoms with van der Waals surface area (Å²) < 4.78 is 22.5. The smallest absolute Gasteiger partial charge is 0.206 e. The van der Waals surface area contributed by atoms with E-state index in [2.05, 4.69) is 10.9 Å². The first kappa shape index (κ1) is 18.1. The zero-order valence-electron chi connectivity index (χ0n) is 21.0. The van der Waals surface area contributed by atoms with Crippen LogP contribution in [0.25, 0.3) is 59.8 Å². The second-order valence-electron chi connectivity index (χ2n) is 8.63. The lowest BCUT2D eigenvalue weighted by molar-refractivity contribution is 1.09. The summed E-state index contributed by atoms with van der Waals surface area (Å²) in [5, 5.41) is 14.1. The van der Waals surface area contributed by atoms with Gasteiger partial charge in [0.2, 0.25) is 5.69 Å². The van der Waals surface area contributed by atoms with Crippen LogP contribution >= 0.6 is 0 Å². The van der Waals surface area contributed by atoms with Crippen LogP contribution < -0.4 is 0 Å². The maximum atomic E-state index is 10.1. The van der Waals surface area contributed by atoms with E-state index in [4.69, 9.17) is 6.57 Å². The van der Waals surface area contributed by atoms with Gasteiger partial charge >= 0.3 is 0 Å². The summed E-state index contributed by atoms with van der Waals surface area (Å²) in [7, 11) is 0. The summed E-state index contributed by atoms with van der Waals surface area (Å²) in [6.45, 7) is 7.84. The summed E-state index contributed by atoms with van der Waals surface area (Å²) >= 11 is 0. The Labute approximate surface area is 210 Å². The average Bonchev–Trinajstić information content (AvgIpc) is 3.47. The predicted molar refractivity (Wildman–Crippen MR) is 146 cm³/mol. The molecule has 36 heavy (non-hydrogen) atoms. The maximum Gasteiger partial charge on any atom is 0.206 e. The molecule has 0 amide bonds. The van der Waals surface area contributed by atoms with Gasteiger partial charge in [0, 0.05) is 21.5 Å². The Bertz CT molecular complexity index is 1930. The van der Waals surface area contributed by atoms with Gasteiger partial charge in [-0.2, -0.15) is 5.26 Å². The minimum atomic E-state index is -0.112. The molecular weight excluding hydrogens is 440 g/mol. The Morgan fingerprint density at radius 3 is 1.33 bits per heavy atom. The van der Waals surface area contributed by atoms with Crippen molar-refractivity contribution in [3.8, 4) is 17.4 Å². The van der Waals surface area contributed by atoms with Gasteiger partial charge in [0.1, 0.15) is 0 Å². The molecule has 0 N–H and O–H groups in total. The lowest BCUT2D eigenvalue weighted by Gasteiger charge is -2.18. The average molecular weight is 461 g/mol. The van der Waals surface area contributed by atoms with Crippen molar-refractivity contribution in [1.82, 2.24) is 9.13 Å². The fourth-order valence-corrected chi connectivity index (χ4v) is 5.29. The number of rotatable bonds is 2. The molecule has 7 rings (SSSR count). The quantitative estimate of drug-likeness (QED) is 0.239. The number of para-hydroxylation sites is 4. The SMILES string of the molecule is [2H]c1c(C#N)c([N+]#[C-])c([2H])c(-n2c3ccccc3c3ccccc32)c1-n1c2ccccc2c2ccccc21. The van der Waals surface area contributed by atoms with Crippen LogP contribution in [0.2, 0.25) is 0 Å². The topological polar surface area (TPSA) is 38.0 Å². The first-order chi connectivity index (χ1) is 18.7. The van der Waals surface area contributed by atoms with Gasteiger partial charge in [-0.25, -0.2) is 4.85 Å². The van der Waals surface area contributed by atoms with Crippen LogP contribution in [0.5, 0.6) is 0 Å². The van der Waals surface area contributed by atoms with Crippen molar-refractivity contribution < 1.29 is 2.74 Å². The molecule has 0 spiro atoms. The van der Waals surface area contributed by atoms with Crippen molar-refractivity contribution in [2.45, 2.75) is 0 Å². The van der Waals surface area contributed by atoms with Crippen LogP contribution in [0.3, 0.4) is 0 Å².